The fraction of sp³-hybridized carbons (Fsp3) is 0.267. The molecule has 0 aliphatic carbocycles. The van der Waals surface area contributed by atoms with E-state index in [1.807, 2.05) is 18.4 Å². The Bertz CT molecular complexity index is 665. The summed E-state index contributed by atoms with van der Waals surface area (Å²) in [6.45, 7) is 4.24. The topological polar surface area (TPSA) is 72.3 Å². The van der Waals surface area contributed by atoms with Crippen molar-refractivity contribution < 1.29 is 14.6 Å². The van der Waals surface area contributed by atoms with E-state index in [0.29, 0.717) is 18.1 Å². The molecule has 0 aliphatic heterocycles. The van der Waals surface area contributed by atoms with E-state index in [4.69, 9.17) is 9.84 Å². The zero-order valence-electron chi connectivity index (χ0n) is 11.9. The number of nitrogens with zero attached hydrogens (tertiary/aromatic N) is 2. The first-order chi connectivity index (χ1) is 10.1. The molecule has 0 aromatic carbocycles. The molecule has 0 fully saturated rings. The maximum atomic E-state index is 10.6. The Morgan fingerprint density at radius 1 is 1.43 bits per heavy atom. The van der Waals surface area contributed by atoms with Crippen LogP contribution in [0.2, 0.25) is 0 Å². The molecule has 0 unspecified atom stereocenters. The second-order valence-corrected chi connectivity index (χ2v) is 5.33. The summed E-state index contributed by atoms with van der Waals surface area (Å²) in [7, 11) is 0. The molecule has 0 atom stereocenters. The zero-order valence-corrected chi connectivity index (χ0v) is 12.7. The Morgan fingerprint density at radius 2 is 2.24 bits per heavy atom. The lowest BCUT2D eigenvalue weighted by molar-refractivity contribution is -0.131. The van der Waals surface area contributed by atoms with Gasteiger partial charge < -0.3 is 9.84 Å². The minimum absolute atomic E-state index is 0.342. The molecule has 0 radical (unpaired) electrons. The number of pyridine rings is 1. The Morgan fingerprint density at radius 3 is 2.90 bits per heavy atom. The van der Waals surface area contributed by atoms with Crippen LogP contribution in [0.3, 0.4) is 0 Å². The average molecular weight is 304 g/mol. The van der Waals surface area contributed by atoms with Gasteiger partial charge in [0.15, 0.2) is 0 Å². The lowest BCUT2D eigenvalue weighted by atomic mass is 10.2. The number of carboxylic acids is 1. The third-order valence-corrected chi connectivity index (χ3v) is 3.73. The van der Waals surface area contributed by atoms with Crippen LogP contribution >= 0.6 is 11.3 Å². The number of rotatable bonds is 6. The molecule has 2 aromatic rings. The van der Waals surface area contributed by atoms with Crippen molar-refractivity contribution in [3.05, 3.63) is 45.7 Å². The van der Waals surface area contributed by atoms with E-state index in [-0.39, 0.29) is 0 Å². The predicted molar refractivity (Wildman–Crippen MR) is 81.5 cm³/mol. The first kappa shape index (κ1) is 15.2. The Balaban J connectivity index is 2.13. The fourth-order valence-electron chi connectivity index (χ4n) is 1.68. The molecule has 21 heavy (non-hydrogen) atoms. The molecule has 0 bridgehead atoms. The average Bonchev–Trinajstić information content (AvgIpc) is 2.92. The van der Waals surface area contributed by atoms with Gasteiger partial charge in [0.25, 0.3) is 0 Å². The van der Waals surface area contributed by atoms with Gasteiger partial charge in [-0.1, -0.05) is 6.92 Å². The minimum Gasteiger partial charge on any atom is -0.485 e. The normalized spacial score (nSPS) is 11.0. The van der Waals surface area contributed by atoms with Gasteiger partial charge in [0.2, 0.25) is 0 Å². The van der Waals surface area contributed by atoms with Crippen molar-refractivity contribution >= 4 is 23.4 Å². The first-order valence-corrected chi connectivity index (χ1v) is 7.41. The lowest BCUT2D eigenvalue weighted by Gasteiger charge is -2.08. The molecule has 0 amide bonds. The zero-order chi connectivity index (χ0) is 15.2. The van der Waals surface area contributed by atoms with Crippen molar-refractivity contribution in [2.45, 2.75) is 26.9 Å². The highest BCUT2D eigenvalue weighted by molar-refractivity contribution is 7.09. The largest absolute Gasteiger partial charge is 0.485 e. The quantitative estimate of drug-likeness (QED) is 0.830. The van der Waals surface area contributed by atoms with Gasteiger partial charge in [0.1, 0.15) is 18.1 Å². The number of thiazole rings is 1. The Kier molecular flexibility index (Phi) is 5.05. The Labute approximate surface area is 127 Å². The Hall–Kier alpha value is -2.21. The maximum Gasteiger partial charge on any atom is 0.328 e. The van der Waals surface area contributed by atoms with Gasteiger partial charge >= 0.3 is 5.97 Å². The third kappa shape index (κ3) is 4.39. The number of aliphatic carboxylic acids is 1. The van der Waals surface area contributed by atoms with Gasteiger partial charge in [0, 0.05) is 17.2 Å². The lowest BCUT2D eigenvalue weighted by Crippen LogP contribution is -2.00. The summed E-state index contributed by atoms with van der Waals surface area (Å²) in [4.78, 5) is 19.3. The molecule has 2 heterocycles. The van der Waals surface area contributed by atoms with E-state index in [0.717, 1.165) is 28.9 Å². The smallest absolute Gasteiger partial charge is 0.328 e. The molecule has 110 valence electrons. The molecule has 5 nitrogen and oxygen atoms in total. The first-order valence-electron chi connectivity index (χ1n) is 6.53. The summed E-state index contributed by atoms with van der Waals surface area (Å²) in [6, 6.07) is 3.61. The van der Waals surface area contributed by atoms with Crippen LogP contribution in [0.1, 0.15) is 29.0 Å². The van der Waals surface area contributed by atoms with Gasteiger partial charge in [0.05, 0.1) is 10.7 Å². The molecule has 2 rings (SSSR count). The number of aromatic nitrogens is 2. The second-order valence-electron chi connectivity index (χ2n) is 4.38. The SMILES string of the molecule is CCc1nc(COc2ccc(C)nc2C=CC(=O)O)cs1. The standard InChI is InChI=1S/C15H16N2O3S/c1-3-14-17-11(9-21-14)8-20-13-6-4-10(2)16-12(13)5-7-15(18)19/h4-7,9H,3,8H2,1-2H3,(H,18,19). The molecule has 1 N–H and O–H groups in total. The summed E-state index contributed by atoms with van der Waals surface area (Å²) in [5, 5.41) is 11.7. The van der Waals surface area contributed by atoms with Crippen LogP contribution in [0.4, 0.5) is 0 Å². The van der Waals surface area contributed by atoms with Gasteiger partial charge in [-0.3, -0.25) is 0 Å². The van der Waals surface area contributed by atoms with Crippen molar-refractivity contribution in [3.63, 3.8) is 0 Å². The van der Waals surface area contributed by atoms with Crippen LogP contribution in [0.25, 0.3) is 6.08 Å². The number of carbonyl (C=O) groups is 1. The van der Waals surface area contributed by atoms with Gasteiger partial charge in [-0.25, -0.2) is 14.8 Å². The maximum absolute atomic E-state index is 10.6. The minimum atomic E-state index is -1.02. The number of aryl methyl sites for hydroxylation is 2. The summed E-state index contributed by atoms with van der Waals surface area (Å²) < 4.78 is 5.71. The molecule has 0 saturated heterocycles. The van der Waals surface area contributed by atoms with Crippen molar-refractivity contribution in [3.8, 4) is 5.75 Å². The molecular formula is C15H16N2O3S. The molecule has 6 heteroatoms. The molecule has 0 saturated carbocycles. The van der Waals surface area contributed by atoms with E-state index < -0.39 is 5.97 Å². The fourth-order valence-corrected chi connectivity index (χ4v) is 2.41. The number of hydrogen-bond donors (Lipinski definition) is 1. The van der Waals surface area contributed by atoms with Gasteiger partial charge in [-0.2, -0.15) is 0 Å². The molecular weight excluding hydrogens is 288 g/mol. The van der Waals surface area contributed by atoms with E-state index in [9.17, 15) is 4.79 Å². The number of carboxylic acid groups (broad SMARTS) is 1. The predicted octanol–water partition coefficient (Wildman–Crippen LogP) is 3.09. The van der Waals surface area contributed by atoms with E-state index in [2.05, 4.69) is 16.9 Å². The second kappa shape index (κ2) is 6.99. The van der Waals surface area contributed by atoms with Crippen LogP contribution in [-0.4, -0.2) is 21.0 Å². The van der Waals surface area contributed by atoms with Crippen molar-refractivity contribution in [1.82, 2.24) is 9.97 Å². The van der Waals surface area contributed by atoms with Crippen LogP contribution in [0.5, 0.6) is 5.75 Å². The van der Waals surface area contributed by atoms with Crippen LogP contribution in [0, 0.1) is 6.92 Å². The van der Waals surface area contributed by atoms with Gasteiger partial charge in [-0.05, 0) is 31.6 Å². The highest BCUT2D eigenvalue weighted by Gasteiger charge is 2.06. The van der Waals surface area contributed by atoms with Crippen LogP contribution in [0.15, 0.2) is 23.6 Å². The highest BCUT2D eigenvalue weighted by Crippen LogP contribution is 2.20. The van der Waals surface area contributed by atoms with E-state index in [1.54, 1.807) is 17.4 Å². The number of ether oxygens (including phenoxy) is 1. The summed E-state index contributed by atoms with van der Waals surface area (Å²) in [6.07, 6.45) is 3.39. The molecule has 2 aromatic heterocycles. The molecule has 0 spiro atoms. The number of hydrogen-bond acceptors (Lipinski definition) is 5. The van der Waals surface area contributed by atoms with Crippen molar-refractivity contribution in [2.75, 3.05) is 0 Å². The van der Waals surface area contributed by atoms with E-state index >= 15 is 0 Å². The van der Waals surface area contributed by atoms with Crippen LogP contribution < -0.4 is 4.74 Å². The highest BCUT2D eigenvalue weighted by atomic mass is 32.1. The summed E-state index contributed by atoms with van der Waals surface area (Å²) >= 11 is 1.61. The van der Waals surface area contributed by atoms with Crippen molar-refractivity contribution in [1.29, 1.82) is 0 Å². The van der Waals surface area contributed by atoms with E-state index in [1.165, 1.54) is 6.08 Å². The third-order valence-electron chi connectivity index (χ3n) is 2.69. The summed E-state index contributed by atoms with van der Waals surface area (Å²) in [5.74, 6) is -0.472. The van der Waals surface area contributed by atoms with Crippen molar-refractivity contribution in [2.24, 2.45) is 0 Å². The molecule has 0 aliphatic rings. The van der Waals surface area contributed by atoms with Crippen LogP contribution in [-0.2, 0) is 17.8 Å². The summed E-state index contributed by atoms with van der Waals surface area (Å²) in [5.41, 5.74) is 2.17. The monoisotopic (exact) mass is 304 g/mol. The van der Waals surface area contributed by atoms with Gasteiger partial charge in [-0.15, -0.1) is 11.3 Å².